The van der Waals surface area contributed by atoms with Gasteiger partial charge in [0.15, 0.2) is 0 Å². The quantitative estimate of drug-likeness (QED) is 0.842. The van der Waals surface area contributed by atoms with Crippen LogP contribution in [0.4, 0.5) is 0 Å². The van der Waals surface area contributed by atoms with Gasteiger partial charge in [-0.25, -0.2) is 0 Å². The molecule has 17 heavy (non-hydrogen) atoms. The summed E-state index contributed by atoms with van der Waals surface area (Å²) in [5.41, 5.74) is 2.38. The summed E-state index contributed by atoms with van der Waals surface area (Å²) in [4.78, 5) is 0. The van der Waals surface area contributed by atoms with Gasteiger partial charge in [-0.2, -0.15) is 0 Å². The molecule has 0 bridgehead atoms. The average molecular weight is 251 g/mol. The van der Waals surface area contributed by atoms with E-state index in [1.54, 1.807) is 0 Å². The lowest BCUT2D eigenvalue weighted by atomic mass is 10.1. The molecule has 1 atom stereocenters. The molecule has 3 nitrogen and oxygen atoms in total. The van der Waals surface area contributed by atoms with Gasteiger partial charge < -0.3 is 14.6 Å². The second-order valence-electron chi connectivity index (χ2n) is 4.39. The Kier molecular flexibility index (Phi) is 2.82. The highest BCUT2D eigenvalue weighted by atomic mass is 35.5. The summed E-state index contributed by atoms with van der Waals surface area (Å²) >= 11 is 6.21. The summed E-state index contributed by atoms with van der Waals surface area (Å²) in [6, 6.07) is 6.22. The van der Waals surface area contributed by atoms with E-state index in [0.29, 0.717) is 0 Å². The molecule has 0 radical (unpaired) electrons. The van der Waals surface area contributed by atoms with Gasteiger partial charge in [0.2, 0.25) is 0 Å². The average Bonchev–Trinajstić information content (AvgIpc) is 2.66. The molecule has 4 heteroatoms. The zero-order valence-corrected chi connectivity index (χ0v) is 10.5. The molecule has 1 N–H and O–H groups in total. The molecule has 1 saturated heterocycles. The Bertz CT molecular complexity index is 544. The molecule has 0 aliphatic carbocycles. The summed E-state index contributed by atoms with van der Waals surface area (Å²) < 4.78 is 7.89. The third-order valence-electron chi connectivity index (χ3n) is 3.26. The number of nitrogens with one attached hydrogen (secondary N) is 1. The standard InChI is InChI=1S/C13H15ClN2O/c1-16-8-11(14)9-3-2-4-10(13(9)16)12-7-15-5-6-17-12/h2-4,8,12,15H,5-7H2,1H3. The Morgan fingerprint density at radius 1 is 1.47 bits per heavy atom. The van der Waals surface area contributed by atoms with Crippen LogP contribution in [0.2, 0.25) is 5.02 Å². The van der Waals surface area contributed by atoms with E-state index in [9.17, 15) is 0 Å². The maximum Gasteiger partial charge on any atom is 0.0970 e. The zero-order valence-electron chi connectivity index (χ0n) is 9.74. The van der Waals surface area contributed by atoms with Crippen LogP contribution in [0.1, 0.15) is 11.7 Å². The Morgan fingerprint density at radius 2 is 2.35 bits per heavy atom. The minimum atomic E-state index is 0.122. The number of ether oxygens (including phenoxy) is 1. The van der Waals surface area contributed by atoms with E-state index in [0.717, 1.165) is 30.1 Å². The van der Waals surface area contributed by atoms with Crippen molar-refractivity contribution in [2.24, 2.45) is 7.05 Å². The lowest BCUT2D eigenvalue weighted by Crippen LogP contribution is -2.33. The number of halogens is 1. The van der Waals surface area contributed by atoms with E-state index >= 15 is 0 Å². The molecule has 1 aromatic carbocycles. The Balaban J connectivity index is 2.15. The van der Waals surface area contributed by atoms with Crippen molar-refractivity contribution in [1.29, 1.82) is 0 Å². The zero-order chi connectivity index (χ0) is 11.8. The number of hydrogen-bond acceptors (Lipinski definition) is 2. The van der Waals surface area contributed by atoms with E-state index < -0.39 is 0 Å². The van der Waals surface area contributed by atoms with Crippen LogP contribution in [0.3, 0.4) is 0 Å². The molecule has 90 valence electrons. The molecule has 1 unspecified atom stereocenters. The summed E-state index contributed by atoms with van der Waals surface area (Å²) in [5, 5.41) is 5.25. The highest BCUT2D eigenvalue weighted by Crippen LogP contribution is 2.32. The van der Waals surface area contributed by atoms with Crippen molar-refractivity contribution in [3.05, 3.63) is 35.0 Å². The molecule has 0 amide bonds. The Morgan fingerprint density at radius 3 is 3.12 bits per heavy atom. The van der Waals surface area contributed by atoms with Gasteiger partial charge >= 0.3 is 0 Å². The molecule has 3 rings (SSSR count). The van der Waals surface area contributed by atoms with Gasteiger partial charge in [0.25, 0.3) is 0 Å². The van der Waals surface area contributed by atoms with Gasteiger partial charge in [0.1, 0.15) is 0 Å². The number of hydrogen-bond donors (Lipinski definition) is 1. The van der Waals surface area contributed by atoms with E-state index in [4.69, 9.17) is 16.3 Å². The topological polar surface area (TPSA) is 26.2 Å². The number of fused-ring (bicyclic) bond motifs is 1. The number of benzene rings is 1. The third kappa shape index (κ3) is 1.84. The van der Waals surface area contributed by atoms with Gasteiger partial charge in [0, 0.05) is 37.3 Å². The maximum absolute atomic E-state index is 6.21. The highest BCUT2D eigenvalue weighted by molar-refractivity contribution is 6.35. The number of para-hydroxylation sites is 1. The molecule has 1 aliphatic rings. The van der Waals surface area contributed by atoms with Crippen molar-refractivity contribution in [3.8, 4) is 0 Å². The number of morpholine rings is 1. The van der Waals surface area contributed by atoms with Crippen molar-refractivity contribution in [2.45, 2.75) is 6.10 Å². The predicted octanol–water partition coefficient (Wildman–Crippen LogP) is 2.49. The molecular formula is C13H15ClN2O. The lowest BCUT2D eigenvalue weighted by molar-refractivity contribution is 0.0284. The van der Waals surface area contributed by atoms with Gasteiger partial charge in [-0.1, -0.05) is 29.8 Å². The molecule has 0 spiro atoms. The van der Waals surface area contributed by atoms with E-state index in [-0.39, 0.29) is 6.10 Å². The Hall–Kier alpha value is -1.03. The fourth-order valence-corrected chi connectivity index (χ4v) is 2.78. The fourth-order valence-electron chi connectivity index (χ4n) is 2.48. The van der Waals surface area contributed by atoms with Crippen molar-refractivity contribution in [3.63, 3.8) is 0 Å². The predicted molar refractivity (Wildman–Crippen MR) is 69.5 cm³/mol. The second-order valence-corrected chi connectivity index (χ2v) is 4.80. The smallest absolute Gasteiger partial charge is 0.0970 e. The van der Waals surface area contributed by atoms with Crippen molar-refractivity contribution < 1.29 is 4.74 Å². The van der Waals surface area contributed by atoms with Crippen LogP contribution in [-0.2, 0) is 11.8 Å². The number of rotatable bonds is 1. The monoisotopic (exact) mass is 250 g/mol. The molecule has 1 aromatic heterocycles. The number of aryl methyl sites for hydroxylation is 1. The SMILES string of the molecule is Cn1cc(Cl)c2cccc(C3CNCCO3)c21. The molecule has 2 aromatic rings. The van der Waals surface area contributed by atoms with Crippen molar-refractivity contribution in [2.75, 3.05) is 19.7 Å². The van der Waals surface area contributed by atoms with Gasteiger partial charge in [-0.15, -0.1) is 0 Å². The Labute approximate surface area is 105 Å². The molecule has 1 aliphatic heterocycles. The number of aromatic nitrogens is 1. The van der Waals surface area contributed by atoms with Crippen LogP contribution in [0, 0.1) is 0 Å². The first-order valence-corrected chi connectivity index (χ1v) is 6.21. The minimum Gasteiger partial charge on any atom is -0.371 e. The highest BCUT2D eigenvalue weighted by Gasteiger charge is 2.20. The largest absolute Gasteiger partial charge is 0.371 e. The van der Waals surface area contributed by atoms with Crippen molar-refractivity contribution in [1.82, 2.24) is 9.88 Å². The second kappa shape index (κ2) is 4.33. The lowest BCUT2D eigenvalue weighted by Gasteiger charge is -2.24. The minimum absolute atomic E-state index is 0.122. The van der Waals surface area contributed by atoms with Gasteiger partial charge in [0.05, 0.1) is 23.3 Å². The summed E-state index contributed by atoms with van der Waals surface area (Å²) in [6.45, 7) is 2.56. The summed E-state index contributed by atoms with van der Waals surface area (Å²) in [5.74, 6) is 0. The van der Waals surface area contributed by atoms with Gasteiger partial charge in [-0.05, 0) is 0 Å². The van der Waals surface area contributed by atoms with Crippen LogP contribution in [0.5, 0.6) is 0 Å². The van der Waals surface area contributed by atoms with E-state index in [1.807, 2.05) is 19.3 Å². The summed E-state index contributed by atoms with van der Waals surface area (Å²) in [7, 11) is 2.02. The van der Waals surface area contributed by atoms with Crippen LogP contribution in [0.15, 0.2) is 24.4 Å². The first-order valence-electron chi connectivity index (χ1n) is 5.83. The summed E-state index contributed by atoms with van der Waals surface area (Å²) in [6.07, 6.45) is 2.07. The third-order valence-corrected chi connectivity index (χ3v) is 3.56. The van der Waals surface area contributed by atoms with Crippen LogP contribution < -0.4 is 5.32 Å². The number of nitrogens with zero attached hydrogens (tertiary/aromatic N) is 1. The van der Waals surface area contributed by atoms with E-state index in [2.05, 4.69) is 22.0 Å². The van der Waals surface area contributed by atoms with Crippen LogP contribution in [-0.4, -0.2) is 24.3 Å². The molecule has 0 saturated carbocycles. The van der Waals surface area contributed by atoms with Gasteiger partial charge in [-0.3, -0.25) is 0 Å². The first-order chi connectivity index (χ1) is 8.27. The normalized spacial score (nSPS) is 20.9. The molecular weight excluding hydrogens is 236 g/mol. The fraction of sp³-hybridized carbons (Fsp3) is 0.385. The molecule has 2 heterocycles. The van der Waals surface area contributed by atoms with Crippen LogP contribution in [0.25, 0.3) is 10.9 Å². The van der Waals surface area contributed by atoms with Crippen LogP contribution >= 0.6 is 11.6 Å². The first kappa shape index (κ1) is 11.1. The maximum atomic E-state index is 6.21. The molecule has 1 fully saturated rings. The van der Waals surface area contributed by atoms with Crippen molar-refractivity contribution >= 4 is 22.5 Å². The van der Waals surface area contributed by atoms with E-state index in [1.165, 1.54) is 11.1 Å².